The second-order valence-electron chi connectivity index (χ2n) is 8.04. The number of nitrogens with zero attached hydrogens (tertiary/aromatic N) is 4. The molecule has 0 fully saturated rings. The van der Waals surface area contributed by atoms with E-state index in [0.717, 1.165) is 50.2 Å². The van der Waals surface area contributed by atoms with E-state index in [4.69, 9.17) is 9.47 Å². The predicted octanol–water partition coefficient (Wildman–Crippen LogP) is -5.76. The van der Waals surface area contributed by atoms with Crippen LogP contribution < -0.4 is 44.1 Å². The van der Waals surface area contributed by atoms with Crippen LogP contribution in [-0.2, 0) is 0 Å². The van der Waals surface area contributed by atoms with Gasteiger partial charge in [-0.15, -0.1) is 8.75 Å². The number of quaternary nitrogens is 2. The van der Waals surface area contributed by atoms with E-state index < -0.39 is 0 Å². The van der Waals surface area contributed by atoms with Gasteiger partial charge in [-0.05, 0) is 12.8 Å². The second-order valence-corrected chi connectivity index (χ2v) is 9.10. The summed E-state index contributed by atoms with van der Waals surface area (Å²) in [7, 11) is 4.42. The lowest BCUT2D eigenvalue weighted by Crippen LogP contribution is -3.09. The average Bonchev–Trinajstić information content (AvgIpc) is 3.40. The minimum atomic E-state index is 0. The summed E-state index contributed by atoms with van der Waals surface area (Å²) in [5.74, 6) is 1.34. The fourth-order valence-corrected chi connectivity index (χ4v) is 4.86. The van der Waals surface area contributed by atoms with Gasteiger partial charge in [-0.1, -0.05) is 12.2 Å². The second kappa shape index (κ2) is 13.4. The molecule has 0 aromatic carbocycles. The molecule has 2 N–H and O–H groups in total. The molecule has 0 saturated carbocycles. The van der Waals surface area contributed by atoms with Crippen molar-refractivity contribution in [3.8, 4) is 11.8 Å². The first-order valence-corrected chi connectivity index (χ1v) is 12.1. The Morgan fingerprint density at radius 1 is 0.750 bits per heavy atom. The molecule has 2 unspecified atom stereocenters. The van der Waals surface area contributed by atoms with Gasteiger partial charge < -0.3 is 44.1 Å². The number of aromatic nitrogens is 4. The van der Waals surface area contributed by atoms with Crippen molar-refractivity contribution in [3.63, 3.8) is 0 Å². The molecule has 178 valence electrons. The van der Waals surface area contributed by atoms with E-state index in [2.05, 4.69) is 43.7 Å². The Hall–Kier alpha value is -1.30. The largest absolute Gasteiger partial charge is 1.00 e. The van der Waals surface area contributed by atoms with Gasteiger partial charge in [0.2, 0.25) is 0 Å². The highest BCUT2D eigenvalue weighted by atomic mass is 35.5. The molecule has 2 aliphatic heterocycles. The summed E-state index contributed by atoms with van der Waals surface area (Å²) in [5.41, 5.74) is 4.33. The van der Waals surface area contributed by atoms with Crippen LogP contribution in [0.1, 0.15) is 37.1 Å². The molecule has 2 aliphatic rings. The Morgan fingerprint density at radius 2 is 1.19 bits per heavy atom. The van der Waals surface area contributed by atoms with Crippen LogP contribution in [0.3, 0.4) is 0 Å². The number of halogens is 2. The van der Waals surface area contributed by atoms with E-state index in [9.17, 15) is 0 Å². The maximum absolute atomic E-state index is 5.93. The zero-order chi connectivity index (χ0) is 20.8. The van der Waals surface area contributed by atoms with Crippen LogP contribution in [-0.4, -0.2) is 71.0 Å². The van der Waals surface area contributed by atoms with Crippen molar-refractivity contribution in [2.75, 3.05) is 53.5 Å². The van der Waals surface area contributed by atoms with Gasteiger partial charge in [-0.3, -0.25) is 0 Å². The lowest BCUT2D eigenvalue weighted by atomic mass is 10.1. The SMILES string of the molecule is C[NH+]1CCC=C(c2nsnc2OCCCCOc2nsnc2C2=CCC[NH+](C)C2)C1.[Cl-].[Cl-]. The Morgan fingerprint density at radius 3 is 1.59 bits per heavy atom. The van der Waals surface area contributed by atoms with Crippen molar-refractivity contribution in [2.24, 2.45) is 0 Å². The van der Waals surface area contributed by atoms with Crippen LogP contribution in [0.2, 0.25) is 0 Å². The van der Waals surface area contributed by atoms with Crippen molar-refractivity contribution in [3.05, 3.63) is 23.5 Å². The highest BCUT2D eigenvalue weighted by Gasteiger charge is 2.21. The van der Waals surface area contributed by atoms with Crippen LogP contribution in [0.25, 0.3) is 11.1 Å². The van der Waals surface area contributed by atoms with Gasteiger partial charge in [-0.2, -0.15) is 8.75 Å². The molecule has 2 aromatic heterocycles. The zero-order valence-corrected chi connectivity index (χ0v) is 21.5. The lowest BCUT2D eigenvalue weighted by Gasteiger charge is -2.19. The molecule has 4 rings (SSSR count). The quantitative estimate of drug-likeness (QED) is 0.321. The normalized spacial score (nSPS) is 20.4. The van der Waals surface area contributed by atoms with Gasteiger partial charge in [-0.25, -0.2) is 0 Å². The number of likely N-dealkylation sites (N-methyl/N-ethyl adjacent to an activating group) is 2. The summed E-state index contributed by atoms with van der Waals surface area (Å²) in [6.07, 6.45) is 8.48. The number of hydrogen-bond donors (Lipinski definition) is 2. The van der Waals surface area contributed by atoms with Gasteiger partial charge in [0.05, 0.1) is 63.9 Å². The summed E-state index contributed by atoms with van der Waals surface area (Å²) in [4.78, 5) is 2.99. The van der Waals surface area contributed by atoms with E-state index >= 15 is 0 Å². The molecule has 2 atom stereocenters. The summed E-state index contributed by atoms with van der Waals surface area (Å²) in [5, 5.41) is 0. The van der Waals surface area contributed by atoms with E-state index in [1.807, 2.05) is 0 Å². The highest BCUT2D eigenvalue weighted by molar-refractivity contribution is 6.99. The van der Waals surface area contributed by atoms with Gasteiger partial charge in [0.25, 0.3) is 11.8 Å². The lowest BCUT2D eigenvalue weighted by molar-refractivity contribution is -0.872. The van der Waals surface area contributed by atoms with Crippen LogP contribution in [0.4, 0.5) is 0 Å². The van der Waals surface area contributed by atoms with Crippen LogP contribution in [0.15, 0.2) is 12.2 Å². The maximum atomic E-state index is 5.93. The minimum absolute atomic E-state index is 0. The number of hydrogen-bond acceptors (Lipinski definition) is 8. The van der Waals surface area contributed by atoms with Crippen molar-refractivity contribution in [1.29, 1.82) is 0 Å². The van der Waals surface area contributed by atoms with E-state index in [0.29, 0.717) is 25.0 Å². The third-order valence-corrected chi connectivity index (χ3v) is 6.47. The van der Waals surface area contributed by atoms with Crippen LogP contribution in [0, 0.1) is 0 Å². The number of unbranched alkanes of at least 4 members (excludes halogenated alkanes) is 1. The molecule has 12 heteroatoms. The summed E-state index contributed by atoms with van der Waals surface area (Å²) >= 11 is 2.44. The number of nitrogens with one attached hydrogen (secondary N) is 2. The first kappa shape index (κ1) is 26.9. The number of ether oxygens (including phenoxy) is 2. The molecular weight excluding hydrogens is 491 g/mol. The molecular formula is C20H30Cl2N6O2S2. The van der Waals surface area contributed by atoms with E-state index in [-0.39, 0.29) is 24.8 Å². The zero-order valence-electron chi connectivity index (χ0n) is 18.4. The third-order valence-electron chi connectivity index (χ3n) is 5.45. The maximum Gasteiger partial charge on any atom is 0.253 e. The van der Waals surface area contributed by atoms with Crippen LogP contribution >= 0.6 is 23.5 Å². The summed E-state index contributed by atoms with van der Waals surface area (Å²) < 4.78 is 29.5. The molecule has 0 saturated heterocycles. The summed E-state index contributed by atoms with van der Waals surface area (Å²) in [6.45, 7) is 5.52. The topological polar surface area (TPSA) is 78.9 Å². The van der Waals surface area contributed by atoms with Gasteiger partial charge in [0.1, 0.15) is 24.5 Å². The highest BCUT2D eigenvalue weighted by Crippen LogP contribution is 2.25. The molecule has 0 aliphatic carbocycles. The smallest absolute Gasteiger partial charge is 0.253 e. The Bertz CT molecular complexity index is 832. The molecule has 2 aromatic rings. The van der Waals surface area contributed by atoms with Crippen molar-refractivity contribution < 1.29 is 44.1 Å². The third kappa shape index (κ3) is 7.10. The first-order chi connectivity index (χ1) is 14.7. The van der Waals surface area contributed by atoms with Crippen molar-refractivity contribution in [1.82, 2.24) is 17.5 Å². The number of rotatable bonds is 9. The molecule has 0 spiro atoms. The average molecular weight is 522 g/mol. The predicted molar refractivity (Wildman–Crippen MR) is 118 cm³/mol. The Labute approximate surface area is 210 Å². The first-order valence-electron chi connectivity index (χ1n) is 10.6. The summed E-state index contributed by atoms with van der Waals surface area (Å²) in [6, 6.07) is 0. The fraction of sp³-hybridized carbons (Fsp3) is 0.600. The van der Waals surface area contributed by atoms with Gasteiger partial charge in [0, 0.05) is 24.0 Å². The molecule has 8 nitrogen and oxygen atoms in total. The minimum Gasteiger partial charge on any atom is -1.00 e. The molecule has 0 bridgehead atoms. The van der Waals surface area contributed by atoms with Crippen molar-refractivity contribution >= 4 is 34.6 Å². The Balaban J connectivity index is 0.00000181. The van der Waals surface area contributed by atoms with Gasteiger partial charge >= 0.3 is 0 Å². The monoisotopic (exact) mass is 520 g/mol. The Kier molecular flexibility index (Phi) is 11.3. The van der Waals surface area contributed by atoms with E-state index in [1.54, 1.807) is 0 Å². The van der Waals surface area contributed by atoms with Gasteiger partial charge in [0.15, 0.2) is 0 Å². The standard InChI is InChI=1S/C20H28N6O2S2.2ClH/c1-25-9-5-7-15(13-25)17-19(23-29-21-17)27-11-3-4-12-28-20-18(22-30-24-20)16-8-6-10-26(2)14-16;;/h7-8H,3-6,9-14H2,1-2H3;2*1H. The molecule has 4 heterocycles. The fourth-order valence-electron chi connectivity index (χ4n) is 3.80. The van der Waals surface area contributed by atoms with Crippen LogP contribution in [0.5, 0.6) is 11.8 Å². The van der Waals surface area contributed by atoms with Crippen molar-refractivity contribution in [2.45, 2.75) is 25.7 Å². The molecule has 0 radical (unpaired) electrons. The van der Waals surface area contributed by atoms with E-state index in [1.165, 1.54) is 57.5 Å². The molecule has 32 heavy (non-hydrogen) atoms. The molecule has 0 amide bonds.